The number of aliphatic hydroxyl groups is 2. The fourth-order valence-electron chi connectivity index (χ4n) is 4.01. The van der Waals surface area contributed by atoms with Crippen LogP contribution in [0.1, 0.15) is 34.8 Å². The van der Waals surface area contributed by atoms with Crippen LogP contribution in [0, 0.1) is 0 Å². The Morgan fingerprint density at radius 1 is 0.844 bits per heavy atom. The number of nitrogens with one attached hydrogen (secondary N) is 1. The molecule has 0 radical (unpaired) electrons. The summed E-state index contributed by atoms with van der Waals surface area (Å²) in [5, 5.41) is 22.0. The number of aromatic amines is 1. The number of nitrogens with zero attached hydrogens (tertiary/aromatic N) is 1. The molecule has 0 aliphatic carbocycles. The molecule has 3 aromatic carbocycles. The molecule has 32 heavy (non-hydrogen) atoms. The van der Waals surface area contributed by atoms with Crippen LogP contribution in [-0.4, -0.2) is 20.1 Å². The molecule has 1 aliphatic rings. The minimum Gasteiger partial charge on any atom is -0.457 e. The first-order chi connectivity index (χ1) is 15.3. The highest BCUT2D eigenvalue weighted by atomic mass is 19.4. The minimum absolute atomic E-state index is 0.292. The van der Waals surface area contributed by atoms with E-state index >= 15 is 0 Å². The summed E-state index contributed by atoms with van der Waals surface area (Å²) >= 11 is 0. The minimum atomic E-state index is -4.39. The molecule has 0 amide bonds. The normalized spacial score (nSPS) is 18.8. The Bertz CT molecular complexity index is 1240. The Labute approximate surface area is 181 Å². The van der Waals surface area contributed by atoms with Crippen LogP contribution in [0.5, 0.6) is 11.5 Å². The lowest BCUT2D eigenvalue weighted by Crippen LogP contribution is -2.25. The molecule has 2 unspecified atom stereocenters. The van der Waals surface area contributed by atoms with Crippen LogP contribution >= 0.6 is 0 Å². The van der Waals surface area contributed by atoms with Gasteiger partial charge in [-0.05, 0) is 48.5 Å². The Morgan fingerprint density at radius 2 is 1.47 bits per heavy atom. The third-order valence-electron chi connectivity index (χ3n) is 5.60. The summed E-state index contributed by atoms with van der Waals surface area (Å²) < 4.78 is 43.8. The molecule has 1 aliphatic heterocycles. The maximum Gasteiger partial charge on any atom is 0.416 e. The van der Waals surface area contributed by atoms with Gasteiger partial charge in [-0.15, -0.1) is 0 Å². The summed E-state index contributed by atoms with van der Waals surface area (Å²) in [4.78, 5) is 4.84. The third kappa shape index (κ3) is 3.73. The summed E-state index contributed by atoms with van der Waals surface area (Å²) in [6.45, 7) is 0.292. The lowest BCUT2D eigenvalue weighted by molar-refractivity contribution is -0.137. The number of H-pyrrole nitrogens is 1. The van der Waals surface area contributed by atoms with Crippen molar-refractivity contribution in [2.24, 2.45) is 0 Å². The van der Waals surface area contributed by atoms with Gasteiger partial charge in [-0.3, -0.25) is 0 Å². The van der Waals surface area contributed by atoms with Crippen LogP contribution in [0.2, 0.25) is 0 Å². The van der Waals surface area contributed by atoms with E-state index in [2.05, 4.69) is 4.98 Å². The first kappa shape index (κ1) is 20.6. The highest BCUT2D eigenvalue weighted by Gasteiger charge is 2.36. The van der Waals surface area contributed by atoms with Crippen molar-refractivity contribution in [3.63, 3.8) is 0 Å². The number of benzene rings is 3. The monoisotopic (exact) mass is 440 g/mol. The second kappa shape index (κ2) is 7.67. The number of ether oxygens (including phenoxy) is 1. The van der Waals surface area contributed by atoms with Crippen molar-refractivity contribution >= 4 is 10.9 Å². The fraction of sp³-hybridized carbons (Fsp3) is 0.167. The average Bonchev–Trinajstić information content (AvgIpc) is 3.27. The van der Waals surface area contributed by atoms with Crippen LogP contribution < -0.4 is 4.74 Å². The Kier molecular flexibility index (Phi) is 4.93. The molecule has 0 saturated carbocycles. The van der Waals surface area contributed by atoms with E-state index in [1.807, 2.05) is 24.3 Å². The molecule has 2 heterocycles. The first-order valence-electron chi connectivity index (χ1n) is 9.97. The molecular formula is C24H19F3N2O3. The highest BCUT2D eigenvalue weighted by Crippen LogP contribution is 2.40. The fourth-order valence-corrected chi connectivity index (χ4v) is 4.01. The topological polar surface area (TPSA) is 68.7 Å². The summed E-state index contributed by atoms with van der Waals surface area (Å²) in [5.41, 5.74) is 2.26. The molecule has 0 saturated heterocycles. The molecule has 5 rings (SSSR count). The summed E-state index contributed by atoms with van der Waals surface area (Å²) in [6, 6.07) is 18.9. The number of halogens is 3. The van der Waals surface area contributed by atoms with E-state index in [1.165, 1.54) is 12.1 Å². The number of aromatic nitrogens is 1. The van der Waals surface area contributed by atoms with Gasteiger partial charge < -0.3 is 19.9 Å². The lowest BCUT2D eigenvalue weighted by Gasteiger charge is -2.23. The molecule has 164 valence electrons. The Balaban J connectivity index is 1.34. The molecule has 3 N–H and O–H groups in total. The summed E-state index contributed by atoms with van der Waals surface area (Å²) in [5.74, 6) is 0.783. The smallest absolute Gasteiger partial charge is 0.416 e. The third-order valence-corrected chi connectivity index (χ3v) is 5.60. The zero-order valence-corrected chi connectivity index (χ0v) is 16.7. The standard InChI is InChI=1S/C24H19F3N2O3/c25-24(26,27)15-5-7-17(8-6-15)32-18-9-10-21-14(12-18)11-16(28-21)13-29-22(30)19-3-1-2-4-20(19)23(29)31/h1-12,22-23,28,30-31H,13H2. The first-order valence-corrected chi connectivity index (χ1v) is 9.97. The van der Waals surface area contributed by atoms with E-state index in [9.17, 15) is 23.4 Å². The molecular weight excluding hydrogens is 421 g/mol. The Morgan fingerprint density at radius 3 is 2.09 bits per heavy atom. The number of aliphatic hydroxyl groups excluding tert-OH is 2. The van der Waals surface area contributed by atoms with Gasteiger partial charge in [0, 0.05) is 34.3 Å². The van der Waals surface area contributed by atoms with Crippen LogP contribution in [0.3, 0.4) is 0 Å². The van der Waals surface area contributed by atoms with Crippen molar-refractivity contribution in [3.8, 4) is 11.5 Å². The van der Waals surface area contributed by atoms with Gasteiger partial charge in [0.25, 0.3) is 0 Å². The van der Waals surface area contributed by atoms with Gasteiger partial charge in [0.1, 0.15) is 24.0 Å². The van der Waals surface area contributed by atoms with Gasteiger partial charge in [-0.2, -0.15) is 13.2 Å². The maximum atomic E-state index is 12.7. The summed E-state index contributed by atoms with van der Waals surface area (Å²) in [6.07, 6.45) is -6.21. The van der Waals surface area contributed by atoms with Crippen molar-refractivity contribution in [1.29, 1.82) is 0 Å². The maximum absolute atomic E-state index is 12.7. The molecule has 0 spiro atoms. The van der Waals surface area contributed by atoms with E-state index in [1.54, 1.807) is 29.2 Å². The largest absolute Gasteiger partial charge is 0.457 e. The molecule has 1 aromatic heterocycles. The summed E-state index contributed by atoms with van der Waals surface area (Å²) in [7, 11) is 0. The van der Waals surface area contributed by atoms with Gasteiger partial charge in [0.05, 0.1) is 5.56 Å². The van der Waals surface area contributed by atoms with Crippen LogP contribution in [-0.2, 0) is 12.7 Å². The second-order valence-electron chi connectivity index (χ2n) is 7.72. The molecule has 0 bridgehead atoms. The van der Waals surface area contributed by atoms with Gasteiger partial charge in [-0.1, -0.05) is 24.3 Å². The van der Waals surface area contributed by atoms with Crippen molar-refractivity contribution in [1.82, 2.24) is 9.88 Å². The van der Waals surface area contributed by atoms with E-state index in [0.717, 1.165) is 28.7 Å². The van der Waals surface area contributed by atoms with Crippen LogP contribution in [0.4, 0.5) is 13.2 Å². The molecule has 4 aromatic rings. The Hall–Kier alpha value is -3.33. The van der Waals surface area contributed by atoms with E-state index in [0.29, 0.717) is 29.2 Å². The predicted molar refractivity (Wildman–Crippen MR) is 112 cm³/mol. The average molecular weight is 440 g/mol. The van der Waals surface area contributed by atoms with Crippen molar-refractivity contribution < 1.29 is 28.1 Å². The number of hydrogen-bond donors (Lipinski definition) is 3. The van der Waals surface area contributed by atoms with Crippen LogP contribution in [0.15, 0.2) is 72.8 Å². The quantitative estimate of drug-likeness (QED) is 0.393. The molecule has 8 heteroatoms. The molecule has 2 atom stereocenters. The van der Waals surface area contributed by atoms with E-state index < -0.39 is 24.2 Å². The zero-order chi connectivity index (χ0) is 22.5. The van der Waals surface area contributed by atoms with Gasteiger partial charge in [0.2, 0.25) is 0 Å². The SMILES string of the molecule is OC1c2ccccc2C(O)N1Cc1cc2cc(Oc3ccc(C(F)(F)F)cc3)ccc2[nH]1. The van der Waals surface area contributed by atoms with Crippen LogP contribution in [0.25, 0.3) is 10.9 Å². The second-order valence-corrected chi connectivity index (χ2v) is 7.72. The molecule has 0 fully saturated rings. The lowest BCUT2D eigenvalue weighted by atomic mass is 10.1. The highest BCUT2D eigenvalue weighted by molar-refractivity contribution is 5.82. The number of hydrogen-bond acceptors (Lipinski definition) is 4. The van der Waals surface area contributed by atoms with Crippen molar-refractivity contribution in [2.45, 2.75) is 25.2 Å². The van der Waals surface area contributed by atoms with Gasteiger partial charge in [0.15, 0.2) is 0 Å². The van der Waals surface area contributed by atoms with E-state index in [4.69, 9.17) is 4.74 Å². The van der Waals surface area contributed by atoms with Crippen molar-refractivity contribution in [3.05, 3.63) is 95.2 Å². The van der Waals surface area contributed by atoms with Gasteiger partial charge in [-0.25, -0.2) is 4.90 Å². The number of fused-ring (bicyclic) bond motifs is 2. The zero-order valence-electron chi connectivity index (χ0n) is 16.7. The van der Waals surface area contributed by atoms with E-state index in [-0.39, 0.29) is 0 Å². The number of alkyl halides is 3. The number of rotatable bonds is 4. The predicted octanol–water partition coefficient (Wildman–Crippen LogP) is 5.48. The molecule has 5 nitrogen and oxygen atoms in total. The van der Waals surface area contributed by atoms with Crippen molar-refractivity contribution in [2.75, 3.05) is 0 Å². The van der Waals surface area contributed by atoms with Gasteiger partial charge >= 0.3 is 6.18 Å².